The van der Waals surface area contributed by atoms with E-state index in [1.54, 1.807) is 6.33 Å². The number of benzene rings is 1. The summed E-state index contributed by atoms with van der Waals surface area (Å²) in [7, 11) is 0. The molecule has 0 spiro atoms. The second-order valence-corrected chi connectivity index (χ2v) is 4.38. The molecule has 2 aromatic rings. The van der Waals surface area contributed by atoms with Crippen molar-refractivity contribution in [3.05, 3.63) is 47.4 Å². The Morgan fingerprint density at radius 1 is 1.00 bits per heavy atom. The van der Waals surface area contributed by atoms with Crippen molar-refractivity contribution in [1.29, 1.82) is 0 Å². The topological polar surface area (TPSA) is 25.8 Å². The zero-order chi connectivity index (χ0) is 11.0. The van der Waals surface area contributed by atoms with Crippen LogP contribution in [-0.4, -0.2) is 9.97 Å². The minimum absolute atomic E-state index is 1.02. The molecule has 0 amide bonds. The van der Waals surface area contributed by atoms with E-state index in [1.165, 1.54) is 36.0 Å². The maximum Gasteiger partial charge on any atom is 0.116 e. The molecule has 80 valence electrons. The Morgan fingerprint density at radius 2 is 1.88 bits per heavy atom. The molecule has 2 nitrogen and oxygen atoms in total. The fourth-order valence-corrected chi connectivity index (χ4v) is 2.34. The first-order valence-electron chi connectivity index (χ1n) is 5.74. The van der Waals surface area contributed by atoms with Gasteiger partial charge in [-0.1, -0.05) is 12.1 Å². The number of fused-ring (bicyclic) bond motifs is 1. The van der Waals surface area contributed by atoms with Gasteiger partial charge in [-0.15, -0.1) is 0 Å². The van der Waals surface area contributed by atoms with E-state index in [1.807, 2.05) is 13.0 Å². The molecule has 0 saturated heterocycles. The Hall–Kier alpha value is -1.70. The van der Waals surface area contributed by atoms with Gasteiger partial charge in [-0.2, -0.15) is 0 Å². The number of nitrogens with zero attached hydrogens (tertiary/aromatic N) is 2. The Bertz CT molecular complexity index is 532. The summed E-state index contributed by atoms with van der Waals surface area (Å²) in [5.41, 5.74) is 6.27. The SMILES string of the molecule is Cc1cc(-c2ccc3c(c2)CCC3)ncn1. The van der Waals surface area contributed by atoms with Crippen LogP contribution in [0.15, 0.2) is 30.6 Å². The van der Waals surface area contributed by atoms with Crippen LogP contribution in [-0.2, 0) is 12.8 Å². The highest BCUT2D eigenvalue weighted by Crippen LogP contribution is 2.27. The second-order valence-electron chi connectivity index (χ2n) is 4.38. The number of rotatable bonds is 1. The standard InChI is InChI=1S/C14H14N2/c1-10-7-14(16-9-15-10)13-6-5-11-3-2-4-12(11)8-13/h5-9H,2-4H2,1H3. The first-order valence-corrected chi connectivity index (χ1v) is 5.74. The third kappa shape index (κ3) is 1.60. The van der Waals surface area contributed by atoms with Gasteiger partial charge in [-0.05, 0) is 49.4 Å². The molecule has 2 heteroatoms. The van der Waals surface area contributed by atoms with Crippen molar-refractivity contribution in [3.8, 4) is 11.3 Å². The summed E-state index contributed by atoms with van der Waals surface area (Å²) in [5.74, 6) is 0. The highest BCUT2D eigenvalue weighted by molar-refractivity contribution is 5.61. The molecule has 0 fully saturated rings. The summed E-state index contributed by atoms with van der Waals surface area (Å²) in [6.07, 6.45) is 5.38. The van der Waals surface area contributed by atoms with E-state index in [-0.39, 0.29) is 0 Å². The van der Waals surface area contributed by atoms with Crippen LogP contribution < -0.4 is 0 Å². The number of aryl methyl sites for hydroxylation is 3. The van der Waals surface area contributed by atoms with E-state index >= 15 is 0 Å². The number of aromatic nitrogens is 2. The molecule has 16 heavy (non-hydrogen) atoms. The van der Waals surface area contributed by atoms with Crippen LogP contribution in [0.4, 0.5) is 0 Å². The predicted molar refractivity (Wildman–Crippen MR) is 64.2 cm³/mol. The third-order valence-electron chi connectivity index (χ3n) is 3.20. The van der Waals surface area contributed by atoms with E-state index in [0.717, 1.165) is 11.4 Å². The minimum atomic E-state index is 1.02. The van der Waals surface area contributed by atoms with Gasteiger partial charge in [0.25, 0.3) is 0 Å². The lowest BCUT2D eigenvalue weighted by molar-refractivity contribution is 0.912. The first-order chi connectivity index (χ1) is 7.83. The van der Waals surface area contributed by atoms with Crippen molar-refractivity contribution in [2.24, 2.45) is 0 Å². The van der Waals surface area contributed by atoms with Gasteiger partial charge in [-0.25, -0.2) is 9.97 Å². The normalized spacial score (nSPS) is 13.8. The first kappa shape index (κ1) is 9.52. The summed E-state index contributed by atoms with van der Waals surface area (Å²) in [6, 6.07) is 8.74. The summed E-state index contributed by atoms with van der Waals surface area (Å²) >= 11 is 0. The Morgan fingerprint density at radius 3 is 2.75 bits per heavy atom. The van der Waals surface area contributed by atoms with E-state index in [0.29, 0.717) is 0 Å². The molecule has 1 aromatic heterocycles. The van der Waals surface area contributed by atoms with Crippen molar-refractivity contribution < 1.29 is 0 Å². The van der Waals surface area contributed by atoms with Crippen molar-refractivity contribution in [2.45, 2.75) is 26.2 Å². The molecule has 0 saturated carbocycles. The second kappa shape index (κ2) is 3.71. The van der Waals surface area contributed by atoms with Gasteiger partial charge in [-0.3, -0.25) is 0 Å². The fraction of sp³-hybridized carbons (Fsp3) is 0.286. The Balaban J connectivity index is 2.07. The Labute approximate surface area is 95.4 Å². The molecule has 1 aliphatic carbocycles. The predicted octanol–water partition coefficient (Wildman–Crippen LogP) is 2.94. The van der Waals surface area contributed by atoms with Crippen LogP contribution in [0.3, 0.4) is 0 Å². The largest absolute Gasteiger partial charge is 0.242 e. The van der Waals surface area contributed by atoms with Gasteiger partial charge < -0.3 is 0 Å². The van der Waals surface area contributed by atoms with E-state index in [4.69, 9.17) is 0 Å². The molecule has 3 rings (SSSR count). The average Bonchev–Trinajstić information content (AvgIpc) is 2.75. The lowest BCUT2D eigenvalue weighted by Crippen LogP contribution is -1.89. The molecular weight excluding hydrogens is 196 g/mol. The molecule has 1 aromatic carbocycles. The smallest absolute Gasteiger partial charge is 0.116 e. The highest BCUT2D eigenvalue weighted by atomic mass is 14.8. The van der Waals surface area contributed by atoms with Crippen LogP contribution in [0.1, 0.15) is 23.2 Å². The molecule has 0 radical (unpaired) electrons. The number of hydrogen-bond donors (Lipinski definition) is 0. The van der Waals surface area contributed by atoms with Gasteiger partial charge in [0.15, 0.2) is 0 Å². The lowest BCUT2D eigenvalue weighted by atomic mass is 10.0. The van der Waals surface area contributed by atoms with E-state index in [9.17, 15) is 0 Å². The van der Waals surface area contributed by atoms with Crippen molar-refractivity contribution in [1.82, 2.24) is 9.97 Å². The summed E-state index contributed by atoms with van der Waals surface area (Å²) in [6.45, 7) is 2.00. The van der Waals surface area contributed by atoms with Crippen LogP contribution in [0.2, 0.25) is 0 Å². The van der Waals surface area contributed by atoms with E-state index < -0.39 is 0 Å². The van der Waals surface area contributed by atoms with Crippen LogP contribution in [0, 0.1) is 6.92 Å². The molecule has 0 unspecified atom stereocenters. The molecular formula is C14H14N2. The minimum Gasteiger partial charge on any atom is -0.242 e. The van der Waals surface area contributed by atoms with Crippen molar-refractivity contribution in [3.63, 3.8) is 0 Å². The number of hydrogen-bond acceptors (Lipinski definition) is 2. The summed E-state index contributed by atoms with van der Waals surface area (Å²) < 4.78 is 0. The molecule has 1 heterocycles. The van der Waals surface area contributed by atoms with Crippen molar-refractivity contribution in [2.75, 3.05) is 0 Å². The summed E-state index contributed by atoms with van der Waals surface area (Å²) in [5, 5.41) is 0. The molecule has 1 aliphatic rings. The van der Waals surface area contributed by atoms with Crippen LogP contribution in [0.25, 0.3) is 11.3 Å². The monoisotopic (exact) mass is 210 g/mol. The average molecular weight is 210 g/mol. The fourth-order valence-electron chi connectivity index (χ4n) is 2.34. The highest BCUT2D eigenvalue weighted by Gasteiger charge is 2.11. The lowest BCUT2D eigenvalue weighted by Gasteiger charge is -2.04. The third-order valence-corrected chi connectivity index (χ3v) is 3.20. The van der Waals surface area contributed by atoms with Gasteiger partial charge in [0.2, 0.25) is 0 Å². The molecule has 0 N–H and O–H groups in total. The van der Waals surface area contributed by atoms with Gasteiger partial charge in [0, 0.05) is 11.3 Å². The van der Waals surface area contributed by atoms with Crippen LogP contribution >= 0.6 is 0 Å². The van der Waals surface area contributed by atoms with E-state index in [2.05, 4.69) is 28.2 Å². The van der Waals surface area contributed by atoms with Crippen molar-refractivity contribution >= 4 is 0 Å². The molecule has 0 aliphatic heterocycles. The molecule has 0 atom stereocenters. The summed E-state index contributed by atoms with van der Waals surface area (Å²) in [4.78, 5) is 8.45. The zero-order valence-corrected chi connectivity index (χ0v) is 9.40. The van der Waals surface area contributed by atoms with Gasteiger partial charge in [0.05, 0.1) is 5.69 Å². The molecule has 0 bridgehead atoms. The maximum absolute atomic E-state index is 4.32. The maximum atomic E-state index is 4.32. The van der Waals surface area contributed by atoms with Gasteiger partial charge >= 0.3 is 0 Å². The zero-order valence-electron chi connectivity index (χ0n) is 9.40. The Kier molecular flexibility index (Phi) is 2.21. The van der Waals surface area contributed by atoms with Gasteiger partial charge in [0.1, 0.15) is 6.33 Å². The van der Waals surface area contributed by atoms with Crippen LogP contribution in [0.5, 0.6) is 0 Å². The quantitative estimate of drug-likeness (QED) is 0.723.